The molecule has 1 N–H and O–H groups in total. The summed E-state index contributed by atoms with van der Waals surface area (Å²) in [5.41, 5.74) is 1.01. The second-order valence-corrected chi connectivity index (χ2v) is 5.99. The van der Waals surface area contributed by atoms with Gasteiger partial charge < -0.3 is 10.1 Å². The van der Waals surface area contributed by atoms with Gasteiger partial charge in [0.2, 0.25) is 0 Å². The van der Waals surface area contributed by atoms with Crippen LogP contribution in [-0.4, -0.2) is 28.5 Å². The van der Waals surface area contributed by atoms with Crippen molar-refractivity contribution in [3.05, 3.63) is 52.4 Å². The summed E-state index contributed by atoms with van der Waals surface area (Å²) in [4.78, 5) is 16.1. The van der Waals surface area contributed by atoms with Gasteiger partial charge in [0.05, 0.1) is 16.7 Å². The number of hydrogen-bond donors (Lipinski definition) is 1. The number of rotatable bonds is 5. The van der Waals surface area contributed by atoms with Gasteiger partial charge in [-0.1, -0.05) is 35.3 Å². The summed E-state index contributed by atoms with van der Waals surface area (Å²) in [6.45, 7) is 1.88. The van der Waals surface area contributed by atoms with E-state index in [1.165, 1.54) is 6.07 Å². The summed E-state index contributed by atoms with van der Waals surface area (Å²) < 4.78 is 20.8. The summed E-state index contributed by atoms with van der Waals surface area (Å²) >= 11 is 12.3. The van der Waals surface area contributed by atoms with Gasteiger partial charge in [-0.3, -0.25) is 9.20 Å². The number of nitrogens with one attached hydrogen (secondary N) is 1. The first-order chi connectivity index (χ1) is 12.0. The summed E-state index contributed by atoms with van der Waals surface area (Å²) in [5, 5.41) is 3.64. The summed E-state index contributed by atoms with van der Waals surface area (Å²) in [6.07, 6.45) is 1.59. The molecule has 25 heavy (non-hydrogen) atoms. The van der Waals surface area contributed by atoms with Crippen LogP contribution in [0.1, 0.15) is 6.92 Å². The smallest absolute Gasteiger partial charge is 0.325 e. The normalized spacial score (nSPS) is 10.9. The van der Waals surface area contributed by atoms with Gasteiger partial charge in [-0.25, -0.2) is 9.37 Å². The zero-order valence-electron chi connectivity index (χ0n) is 13.2. The molecule has 5 nitrogen and oxygen atoms in total. The topological polar surface area (TPSA) is 55.6 Å². The third-order valence-corrected chi connectivity index (χ3v) is 3.96. The minimum atomic E-state index is -0.440. The average Bonchev–Trinajstić information content (AvgIpc) is 2.92. The molecule has 0 saturated carbocycles. The summed E-state index contributed by atoms with van der Waals surface area (Å²) in [5.74, 6) is -0.477. The fourth-order valence-corrected chi connectivity index (χ4v) is 2.96. The first-order valence-electron chi connectivity index (χ1n) is 7.52. The van der Waals surface area contributed by atoms with Gasteiger partial charge in [-0.15, -0.1) is 0 Å². The number of hydrogen-bond acceptors (Lipinski definition) is 4. The number of imidazole rings is 1. The Kier molecular flexibility index (Phi) is 5.11. The highest BCUT2D eigenvalue weighted by Crippen LogP contribution is 2.34. The Balaban J connectivity index is 2.15. The third kappa shape index (κ3) is 3.55. The number of esters is 1. The predicted octanol–water partition coefficient (Wildman–Crippen LogP) is 4.42. The van der Waals surface area contributed by atoms with E-state index >= 15 is 0 Å². The van der Waals surface area contributed by atoms with E-state index in [0.717, 1.165) is 0 Å². The molecule has 0 atom stereocenters. The van der Waals surface area contributed by atoms with Crippen LogP contribution in [0.4, 0.5) is 10.2 Å². The number of halogens is 3. The summed E-state index contributed by atoms with van der Waals surface area (Å²) in [7, 11) is 0. The van der Waals surface area contributed by atoms with Crippen molar-refractivity contribution in [2.75, 3.05) is 18.5 Å². The molecule has 0 radical (unpaired) electrons. The maximum Gasteiger partial charge on any atom is 0.325 e. The molecule has 0 saturated heterocycles. The molecule has 0 aliphatic carbocycles. The standard InChI is InChI=1S/C17H14Cl2FN3O2/c1-2-25-14(24)8-21-17-15(11-5-3-4-6-13(11)20)22-16-12(19)7-10(18)9-23(16)17/h3-7,9,21H,2,8H2,1H3. The fraction of sp³-hybridized carbons (Fsp3) is 0.176. The molecular weight excluding hydrogens is 368 g/mol. The van der Waals surface area contributed by atoms with Gasteiger partial charge in [0, 0.05) is 11.8 Å². The molecule has 0 aliphatic heterocycles. The van der Waals surface area contributed by atoms with Crippen molar-refractivity contribution in [1.29, 1.82) is 0 Å². The largest absolute Gasteiger partial charge is 0.465 e. The predicted molar refractivity (Wildman–Crippen MR) is 95.7 cm³/mol. The molecule has 0 fully saturated rings. The number of ether oxygens (including phenoxy) is 1. The number of anilines is 1. The van der Waals surface area contributed by atoms with Crippen LogP contribution in [0.25, 0.3) is 16.9 Å². The minimum Gasteiger partial charge on any atom is -0.465 e. The molecule has 0 unspecified atom stereocenters. The second-order valence-electron chi connectivity index (χ2n) is 5.15. The van der Waals surface area contributed by atoms with Crippen molar-refractivity contribution in [1.82, 2.24) is 9.38 Å². The molecule has 8 heteroatoms. The van der Waals surface area contributed by atoms with Gasteiger partial charge in [0.25, 0.3) is 0 Å². The lowest BCUT2D eigenvalue weighted by Gasteiger charge is -2.09. The monoisotopic (exact) mass is 381 g/mol. The molecule has 3 aromatic rings. The maximum atomic E-state index is 14.3. The number of fused-ring (bicyclic) bond motifs is 1. The van der Waals surface area contributed by atoms with E-state index in [-0.39, 0.29) is 18.7 Å². The number of benzene rings is 1. The SMILES string of the molecule is CCOC(=O)CNc1c(-c2ccccc2F)nc2c(Cl)cc(Cl)cn12. The van der Waals surface area contributed by atoms with Gasteiger partial charge in [-0.2, -0.15) is 0 Å². The Labute approximate surface area is 153 Å². The lowest BCUT2D eigenvalue weighted by Crippen LogP contribution is -2.18. The molecular formula is C17H14Cl2FN3O2. The molecule has 0 amide bonds. The molecule has 0 bridgehead atoms. The van der Waals surface area contributed by atoms with Crippen molar-refractivity contribution in [3.8, 4) is 11.3 Å². The van der Waals surface area contributed by atoms with Crippen LogP contribution in [0, 0.1) is 5.82 Å². The van der Waals surface area contributed by atoms with E-state index in [4.69, 9.17) is 27.9 Å². The van der Waals surface area contributed by atoms with E-state index in [9.17, 15) is 9.18 Å². The first kappa shape index (κ1) is 17.5. The molecule has 130 valence electrons. The third-order valence-electron chi connectivity index (χ3n) is 3.48. The molecule has 1 aromatic carbocycles. The highest BCUT2D eigenvalue weighted by Gasteiger charge is 2.19. The quantitative estimate of drug-likeness (QED) is 0.664. The van der Waals surface area contributed by atoms with Gasteiger partial charge in [0.15, 0.2) is 5.65 Å². The van der Waals surface area contributed by atoms with Gasteiger partial charge >= 0.3 is 5.97 Å². The number of carbonyl (C=O) groups excluding carboxylic acids is 1. The zero-order valence-corrected chi connectivity index (χ0v) is 14.7. The van der Waals surface area contributed by atoms with Crippen molar-refractivity contribution >= 4 is 40.6 Å². The number of nitrogens with zero attached hydrogens (tertiary/aromatic N) is 2. The summed E-state index contributed by atoms with van der Waals surface area (Å²) in [6, 6.07) is 7.77. The van der Waals surface area contributed by atoms with Crippen LogP contribution in [0.15, 0.2) is 36.5 Å². The maximum absolute atomic E-state index is 14.3. The van der Waals surface area contributed by atoms with E-state index in [1.54, 1.807) is 41.8 Å². The molecule has 0 spiro atoms. The van der Waals surface area contributed by atoms with E-state index in [1.807, 2.05) is 0 Å². The van der Waals surface area contributed by atoms with E-state index in [0.29, 0.717) is 27.2 Å². The van der Waals surface area contributed by atoms with Crippen molar-refractivity contribution in [2.45, 2.75) is 6.92 Å². The highest BCUT2D eigenvalue weighted by atomic mass is 35.5. The van der Waals surface area contributed by atoms with Crippen LogP contribution in [0.3, 0.4) is 0 Å². The first-order valence-corrected chi connectivity index (χ1v) is 8.28. The van der Waals surface area contributed by atoms with Crippen molar-refractivity contribution in [3.63, 3.8) is 0 Å². The Bertz CT molecular complexity index is 943. The number of aromatic nitrogens is 2. The van der Waals surface area contributed by atoms with E-state index < -0.39 is 11.8 Å². The number of pyridine rings is 1. The van der Waals surface area contributed by atoms with Crippen molar-refractivity contribution < 1.29 is 13.9 Å². The fourth-order valence-electron chi connectivity index (χ4n) is 2.45. The number of carbonyl (C=O) groups is 1. The van der Waals surface area contributed by atoms with Crippen LogP contribution in [0.2, 0.25) is 10.0 Å². The lowest BCUT2D eigenvalue weighted by atomic mass is 10.1. The molecule has 2 aromatic heterocycles. The van der Waals surface area contributed by atoms with Gasteiger partial charge in [0.1, 0.15) is 23.9 Å². The Morgan fingerprint density at radius 2 is 2.12 bits per heavy atom. The van der Waals surface area contributed by atoms with Crippen LogP contribution in [-0.2, 0) is 9.53 Å². The average molecular weight is 382 g/mol. The minimum absolute atomic E-state index is 0.104. The van der Waals surface area contributed by atoms with Crippen molar-refractivity contribution in [2.24, 2.45) is 0 Å². The second kappa shape index (κ2) is 7.29. The van der Waals surface area contributed by atoms with E-state index in [2.05, 4.69) is 10.3 Å². The molecule has 3 rings (SSSR count). The Morgan fingerprint density at radius 1 is 1.36 bits per heavy atom. The molecule has 0 aliphatic rings. The molecule has 2 heterocycles. The van der Waals surface area contributed by atoms with Crippen LogP contribution >= 0.6 is 23.2 Å². The highest BCUT2D eigenvalue weighted by molar-refractivity contribution is 6.36. The van der Waals surface area contributed by atoms with Crippen LogP contribution < -0.4 is 5.32 Å². The van der Waals surface area contributed by atoms with Crippen LogP contribution in [0.5, 0.6) is 0 Å². The Hall–Kier alpha value is -2.31. The van der Waals surface area contributed by atoms with Gasteiger partial charge in [-0.05, 0) is 25.1 Å². The lowest BCUT2D eigenvalue weighted by molar-refractivity contribution is -0.140. The Morgan fingerprint density at radius 3 is 2.84 bits per heavy atom. The zero-order chi connectivity index (χ0) is 18.0.